The van der Waals surface area contributed by atoms with Gasteiger partial charge in [0.05, 0.1) is 6.10 Å². The van der Waals surface area contributed by atoms with Gasteiger partial charge in [-0.15, -0.1) is 0 Å². The van der Waals surface area contributed by atoms with E-state index in [4.69, 9.17) is 0 Å². The maximum Gasteiger partial charge on any atom is 0.159 e. The van der Waals surface area contributed by atoms with Crippen LogP contribution in [0.2, 0.25) is 0 Å². The van der Waals surface area contributed by atoms with Crippen LogP contribution >= 0.6 is 11.8 Å². The number of benzene rings is 1. The van der Waals surface area contributed by atoms with Crippen LogP contribution in [-0.2, 0) is 0 Å². The summed E-state index contributed by atoms with van der Waals surface area (Å²) in [5, 5.41) is 10.1. The standard InChI is InChI=1S/C13H11F2NOS/c1-8(17)9-4-5-16-13(6-9)18-10-2-3-11(14)12(15)7-10/h2-8,17H,1H3/t8-/m1/s1. The molecule has 1 N–H and O–H groups in total. The van der Waals surface area contributed by atoms with Crippen LogP contribution in [-0.4, -0.2) is 10.1 Å². The molecule has 1 atom stereocenters. The van der Waals surface area contributed by atoms with Gasteiger partial charge in [-0.05, 0) is 42.8 Å². The van der Waals surface area contributed by atoms with E-state index < -0.39 is 17.7 Å². The van der Waals surface area contributed by atoms with E-state index in [9.17, 15) is 13.9 Å². The molecule has 0 radical (unpaired) electrons. The summed E-state index contributed by atoms with van der Waals surface area (Å²) in [5.74, 6) is -1.75. The first-order valence-corrected chi connectivity index (χ1v) is 6.15. The molecule has 0 spiro atoms. The highest BCUT2D eigenvalue weighted by molar-refractivity contribution is 7.99. The van der Waals surface area contributed by atoms with Crippen LogP contribution < -0.4 is 0 Å². The summed E-state index contributed by atoms with van der Waals surface area (Å²) in [5.41, 5.74) is 0.732. The van der Waals surface area contributed by atoms with E-state index in [-0.39, 0.29) is 0 Å². The zero-order valence-electron chi connectivity index (χ0n) is 9.60. The molecule has 0 saturated carbocycles. The minimum atomic E-state index is -0.883. The monoisotopic (exact) mass is 267 g/mol. The number of hydrogen-bond acceptors (Lipinski definition) is 3. The van der Waals surface area contributed by atoms with Gasteiger partial charge in [-0.3, -0.25) is 0 Å². The number of nitrogens with zero attached hydrogens (tertiary/aromatic N) is 1. The number of rotatable bonds is 3. The summed E-state index contributed by atoms with van der Waals surface area (Å²) in [6, 6.07) is 7.11. The summed E-state index contributed by atoms with van der Waals surface area (Å²) in [6.45, 7) is 1.65. The molecule has 1 aromatic carbocycles. The van der Waals surface area contributed by atoms with Crippen molar-refractivity contribution in [1.82, 2.24) is 4.98 Å². The molecule has 0 aliphatic rings. The van der Waals surface area contributed by atoms with Gasteiger partial charge in [-0.25, -0.2) is 13.8 Å². The lowest BCUT2D eigenvalue weighted by Gasteiger charge is -2.06. The number of hydrogen-bond donors (Lipinski definition) is 1. The lowest BCUT2D eigenvalue weighted by atomic mass is 10.2. The van der Waals surface area contributed by atoms with Crippen LogP contribution in [0.15, 0.2) is 46.5 Å². The molecule has 0 aliphatic heterocycles. The second kappa shape index (κ2) is 5.46. The number of aromatic nitrogens is 1. The van der Waals surface area contributed by atoms with Gasteiger partial charge in [0.2, 0.25) is 0 Å². The Morgan fingerprint density at radius 3 is 2.61 bits per heavy atom. The Morgan fingerprint density at radius 2 is 1.94 bits per heavy atom. The van der Waals surface area contributed by atoms with Gasteiger partial charge in [0.25, 0.3) is 0 Å². The predicted molar refractivity (Wildman–Crippen MR) is 65.4 cm³/mol. The molecule has 1 aromatic heterocycles. The Bertz CT molecular complexity index is 560. The molecule has 94 valence electrons. The number of halogens is 2. The SMILES string of the molecule is C[C@@H](O)c1ccnc(Sc2ccc(F)c(F)c2)c1. The van der Waals surface area contributed by atoms with Crippen molar-refractivity contribution >= 4 is 11.8 Å². The highest BCUT2D eigenvalue weighted by Gasteiger charge is 2.07. The van der Waals surface area contributed by atoms with Gasteiger partial charge < -0.3 is 5.11 Å². The molecule has 0 saturated heterocycles. The zero-order chi connectivity index (χ0) is 13.1. The van der Waals surface area contributed by atoms with Gasteiger partial charge >= 0.3 is 0 Å². The fourth-order valence-corrected chi connectivity index (χ4v) is 2.25. The van der Waals surface area contributed by atoms with Gasteiger partial charge in [0, 0.05) is 11.1 Å². The van der Waals surface area contributed by atoms with Crippen molar-refractivity contribution in [3.63, 3.8) is 0 Å². The van der Waals surface area contributed by atoms with Crippen LogP contribution in [0.25, 0.3) is 0 Å². The molecular formula is C13H11F2NOS. The summed E-state index contributed by atoms with van der Waals surface area (Å²) in [6.07, 6.45) is 0.988. The Hall–Kier alpha value is -1.46. The van der Waals surface area contributed by atoms with Crippen molar-refractivity contribution in [2.45, 2.75) is 22.9 Å². The minimum Gasteiger partial charge on any atom is -0.389 e. The molecule has 2 nitrogen and oxygen atoms in total. The van der Waals surface area contributed by atoms with Gasteiger partial charge in [-0.2, -0.15) is 0 Å². The van der Waals surface area contributed by atoms with Crippen molar-refractivity contribution in [3.05, 3.63) is 53.7 Å². The average Bonchev–Trinajstić information content (AvgIpc) is 2.34. The lowest BCUT2D eigenvalue weighted by molar-refractivity contribution is 0.199. The van der Waals surface area contributed by atoms with E-state index in [2.05, 4.69) is 4.98 Å². The molecule has 18 heavy (non-hydrogen) atoms. The fourth-order valence-electron chi connectivity index (χ4n) is 1.40. The first-order valence-electron chi connectivity index (χ1n) is 5.33. The maximum atomic E-state index is 13.0. The minimum absolute atomic E-state index is 0.559. The van der Waals surface area contributed by atoms with E-state index >= 15 is 0 Å². The van der Waals surface area contributed by atoms with Crippen LogP contribution in [0.5, 0.6) is 0 Å². The number of aliphatic hydroxyl groups excluding tert-OH is 1. The smallest absolute Gasteiger partial charge is 0.159 e. The third-order valence-electron chi connectivity index (χ3n) is 2.35. The van der Waals surface area contributed by atoms with E-state index in [0.29, 0.717) is 9.92 Å². The van der Waals surface area contributed by atoms with Crippen molar-refractivity contribution < 1.29 is 13.9 Å². The Morgan fingerprint density at radius 1 is 1.17 bits per heavy atom. The van der Waals surface area contributed by atoms with E-state index in [0.717, 1.165) is 17.7 Å². The fraction of sp³-hybridized carbons (Fsp3) is 0.154. The molecule has 1 heterocycles. The second-order valence-electron chi connectivity index (χ2n) is 3.78. The summed E-state index contributed by atoms with van der Waals surface area (Å²) in [7, 11) is 0. The maximum absolute atomic E-state index is 13.0. The molecule has 0 fully saturated rings. The Balaban J connectivity index is 2.23. The molecular weight excluding hydrogens is 256 g/mol. The summed E-state index contributed by atoms with van der Waals surface area (Å²) >= 11 is 1.21. The molecule has 2 aromatic rings. The quantitative estimate of drug-likeness (QED) is 0.923. The van der Waals surface area contributed by atoms with Crippen molar-refractivity contribution in [1.29, 1.82) is 0 Å². The highest BCUT2D eigenvalue weighted by Crippen LogP contribution is 2.28. The molecule has 0 bridgehead atoms. The third kappa shape index (κ3) is 3.05. The number of aliphatic hydroxyl groups is 1. The molecule has 5 heteroatoms. The van der Waals surface area contributed by atoms with Crippen molar-refractivity contribution in [2.24, 2.45) is 0 Å². The zero-order valence-corrected chi connectivity index (χ0v) is 10.4. The normalized spacial score (nSPS) is 12.4. The van der Waals surface area contributed by atoms with Crippen molar-refractivity contribution in [2.75, 3.05) is 0 Å². The van der Waals surface area contributed by atoms with Crippen LogP contribution in [0.4, 0.5) is 8.78 Å². The van der Waals surface area contributed by atoms with Crippen LogP contribution in [0.3, 0.4) is 0 Å². The average molecular weight is 267 g/mol. The van der Waals surface area contributed by atoms with Crippen molar-refractivity contribution in [3.8, 4) is 0 Å². The van der Waals surface area contributed by atoms with Gasteiger partial charge in [0.1, 0.15) is 5.03 Å². The molecule has 0 amide bonds. The van der Waals surface area contributed by atoms with Crippen LogP contribution in [0.1, 0.15) is 18.6 Å². The largest absolute Gasteiger partial charge is 0.389 e. The molecule has 0 aliphatic carbocycles. The lowest BCUT2D eigenvalue weighted by Crippen LogP contribution is -1.92. The summed E-state index contributed by atoms with van der Waals surface area (Å²) < 4.78 is 25.8. The highest BCUT2D eigenvalue weighted by atomic mass is 32.2. The van der Waals surface area contributed by atoms with Gasteiger partial charge in [-0.1, -0.05) is 11.8 Å². The molecule has 0 unspecified atom stereocenters. The Kier molecular flexibility index (Phi) is 3.93. The van der Waals surface area contributed by atoms with Gasteiger partial charge in [0.15, 0.2) is 11.6 Å². The third-order valence-corrected chi connectivity index (χ3v) is 3.28. The topological polar surface area (TPSA) is 33.1 Å². The second-order valence-corrected chi connectivity index (χ2v) is 4.88. The number of pyridine rings is 1. The molecule has 2 rings (SSSR count). The van der Waals surface area contributed by atoms with Crippen LogP contribution in [0, 0.1) is 11.6 Å². The Labute approximate surface area is 108 Å². The van der Waals surface area contributed by atoms with E-state index in [1.54, 1.807) is 25.3 Å². The summed E-state index contributed by atoms with van der Waals surface area (Å²) in [4.78, 5) is 4.66. The van der Waals surface area contributed by atoms with E-state index in [1.165, 1.54) is 17.8 Å². The predicted octanol–water partition coefficient (Wildman–Crippen LogP) is 3.56. The first kappa shape index (κ1) is 13.0. The van der Waals surface area contributed by atoms with E-state index in [1.807, 2.05) is 0 Å². The first-order chi connectivity index (χ1) is 8.56.